The van der Waals surface area contributed by atoms with Gasteiger partial charge in [0.2, 0.25) is 5.95 Å². The number of nitrogens with zero attached hydrogens (tertiary/aromatic N) is 2. The number of aromatic nitrogens is 2. The lowest BCUT2D eigenvalue weighted by molar-refractivity contribution is -0.137. The lowest BCUT2D eigenvalue weighted by Gasteiger charge is -2.18. The zero-order valence-electron chi connectivity index (χ0n) is 12.8. The second kappa shape index (κ2) is 9.30. The molecular formula is C13H20N3O5P. The number of nitrogens with one attached hydrogen (secondary N) is 1. The van der Waals surface area contributed by atoms with E-state index in [-0.39, 0.29) is 31.1 Å². The topological polar surface area (TPSA) is 99.6 Å². The second-order valence-electron chi connectivity index (χ2n) is 3.80. The molecule has 0 radical (unpaired) electrons. The molecule has 0 aliphatic rings. The molecule has 8 nitrogen and oxygen atoms in total. The van der Waals surface area contributed by atoms with E-state index in [4.69, 9.17) is 13.8 Å². The summed E-state index contributed by atoms with van der Waals surface area (Å²) in [6.07, 6.45) is 4.25. The maximum absolute atomic E-state index is 12.8. The van der Waals surface area contributed by atoms with Crippen LogP contribution in [0.25, 0.3) is 0 Å². The smallest absolute Gasteiger partial charge is 0.370 e. The van der Waals surface area contributed by atoms with Crippen molar-refractivity contribution < 1.29 is 23.1 Å². The van der Waals surface area contributed by atoms with Crippen molar-refractivity contribution in [2.45, 2.75) is 20.8 Å². The molecule has 1 heterocycles. The highest BCUT2D eigenvalue weighted by Gasteiger charge is 2.36. The third kappa shape index (κ3) is 5.22. The zero-order valence-corrected chi connectivity index (χ0v) is 13.7. The molecule has 0 saturated carbocycles. The minimum absolute atomic E-state index is 0.121. The van der Waals surface area contributed by atoms with Crippen LogP contribution in [0.5, 0.6) is 0 Å². The predicted octanol–water partition coefficient (Wildman–Crippen LogP) is 2.56. The van der Waals surface area contributed by atoms with Crippen LogP contribution < -0.4 is 5.32 Å². The molecule has 9 heteroatoms. The number of rotatable bonds is 9. The molecule has 0 unspecified atom stereocenters. The first-order valence-electron chi connectivity index (χ1n) is 6.87. The van der Waals surface area contributed by atoms with Gasteiger partial charge < -0.3 is 19.1 Å². The Morgan fingerprint density at radius 1 is 1.18 bits per heavy atom. The van der Waals surface area contributed by atoms with Gasteiger partial charge in [-0.2, -0.15) is 0 Å². The molecule has 0 atom stereocenters. The fourth-order valence-corrected chi connectivity index (χ4v) is 3.02. The van der Waals surface area contributed by atoms with Crippen molar-refractivity contribution >= 4 is 19.5 Å². The van der Waals surface area contributed by atoms with Crippen molar-refractivity contribution in [3.05, 3.63) is 30.0 Å². The Morgan fingerprint density at radius 3 is 2.27 bits per heavy atom. The Morgan fingerprint density at radius 2 is 1.77 bits per heavy atom. The van der Waals surface area contributed by atoms with Crippen LogP contribution in [0.4, 0.5) is 5.95 Å². The van der Waals surface area contributed by atoms with Crippen molar-refractivity contribution in [3.8, 4) is 0 Å². The van der Waals surface area contributed by atoms with Gasteiger partial charge in [-0.1, -0.05) is 0 Å². The van der Waals surface area contributed by atoms with Gasteiger partial charge in [0.05, 0.1) is 19.8 Å². The van der Waals surface area contributed by atoms with E-state index in [1.165, 1.54) is 18.6 Å². The van der Waals surface area contributed by atoms with E-state index in [9.17, 15) is 9.36 Å². The molecule has 0 saturated heterocycles. The number of ether oxygens (including phenoxy) is 1. The minimum Gasteiger partial charge on any atom is -0.462 e. The van der Waals surface area contributed by atoms with Gasteiger partial charge in [-0.3, -0.25) is 4.57 Å². The van der Waals surface area contributed by atoms with E-state index in [0.717, 1.165) is 0 Å². The SMILES string of the molecule is CCOC(=O)/C(=C/Nc1ncccn1)P(=O)(OCC)OCC. The monoisotopic (exact) mass is 329 g/mol. The van der Waals surface area contributed by atoms with E-state index < -0.39 is 13.6 Å². The van der Waals surface area contributed by atoms with Crippen molar-refractivity contribution in [3.63, 3.8) is 0 Å². The molecule has 22 heavy (non-hydrogen) atoms. The minimum atomic E-state index is -3.78. The fourth-order valence-electron chi connectivity index (χ4n) is 1.48. The Kier molecular flexibility index (Phi) is 7.73. The van der Waals surface area contributed by atoms with E-state index in [0.29, 0.717) is 0 Å². The van der Waals surface area contributed by atoms with Crippen LogP contribution in [-0.4, -0.2) is 35.8 Å². The van der Waals surface area contributed by atoms with Gasteiger partial charge in [0.15, 0.2) is 5.31 Å². The van der Waals surface area contributed by atoms with Crippen molar-refractivity contribution in [2.75, 3.05) is 25.1 Å². The molecule has 0 aliphatic carbocycles. The highest BCUT2D eigenvalue weighted by Crippen LogP contribution is 2.56. The van der Waals surface area contributed by atoms with Gasteiger partial charge in [-0.15, -0.1) is 0 Å². The Balaban J connectivity index is 3.10. The summed E-state index contributed by atoms with van der Waals surface area (Å²) in [7, 11) is -3.78. The fraction of sp³-hybridized carbons (Fsp3) is 0.462. The maximum atomic E-state index is 12.8. The van der Waals surface area contributed by atoms with Crippen molar-refractivity contribution in [1.29, 1.82) is 0 Å². The van der Waals surface area contributed by atoms with Crippen LogP contribution in [0, 0.1) is 0 Å². The second-order valence-corrected chi connectivity index (χ2v) is 5.79. The number of carbonyl (C=O) groups is 1. The molecule has 0 bridgehead atoms. The Labute approximate surface area is 129 Å². The molecule has 0 fully saturated rings. The number of esters is 1. The number of hydrogen-bond acceptors (Lipinski definition) is 8. The van der Waals surface area contributed by atoms with Gasteiger partial charge in [0, 0.05) is 18.6 Å². The van der Waals surface area contributed by atoms with Crippen molar-refractivity contribution in [1.82, 2.24) is 9.97 Å². The third-order valence-corrected chi connectivity index (χ3v) is 4.38. The van der Waals surface area contributed by atoms with E-state index >= 15 is 0 Å². The average molecular weight is 329 g/mol. The molecule has 1 N–H and O–H groups in total. The quantitative estimate of drug-likeness (QED) is 0.419. The van der Waals surface area contributed by atoms with Crippen LogP contribution in [0.1, 0.15) is 20.8 Å². The Hall–Kier alpha value is -1.76. The van der Waals surface area contributed by atoms with E-state index in [1.807, 2.05) is 0 Å². The summed E-state index contributed by atoms with van der Waals surface area (Å²) in [6.45, 7) is 5.34. The number of carbonyl (C=O) groups excluding carboxylic acids is 1. The van der Waals surface area contributed by atoms with Crippen LogP contribution in [0.2, 0.25) is 0 Å². The van der Waals surface area contributed by atoms with Gasteiger partial charge in [0.1, 0.15) is 0 Å². The molecule has 1 aromatic heterocycles. The highest BCUT2D eigenvalue weighted by atomic mass is 31.2. The lowest BCUT2D eigenvalue weighted by atomic mass is 10.6. The maximum Gasteiger partial charge on any atom is 0.370 e. The first-order valence-corrected chi connectivity index (χ1v) is 8.42. The first kappa shape index (κ1) is 18.3. The summed E-state index contributed by atoms with van der Waals surface area (Å²) in [5, 5.41) is 2.46. The van der Waals surface area contributed by atoms with Gasteiger partial charge in [0.25, 0.3) is 0 Å². The summed E-state index contributed by atoms with van der Waals surface area (Å²) >= 11 is 0. The molecule has 0 spiro atoms. The largest absolute Gasteiger partial charge is 0.462 e. The summed E-state index contributed by atoms with van der Waals surface area (Å²) < 4.78 is 28.0. The van der Waals surface area contributed by atoms with Gasteiger partial charge in [-0.05, 0) is 26.8 Å². The van der Waals surface area contributed by atoms with E-state index in [2.05, 4.69) is 15.3 Å². The molecule has 1 aromatic rings. The van der Waals surface area contributed by atoms with Crippen molar-refractivity contribution in [2.24, 2.45) is 0 Å². The lowest BCUT2D eigenvalue weighted by Crippen LogP contribution is -2.13. The van der Waals surface area contributed by atoms with Crippen LogP contribution in [0.3, 0.4) is 0 Å². The predicted molar refractivity (Wildman–Crippen MR) is 81.2 cm³/mol. The number of hydrogen-bond donors (Lipinski definition) is 1. The van der Waals surface area contributed by atoms with Gasteiger partial charge in [-0.25, -0.2) is 14.8 Å². The third-order valence-electron chi connectivity index (χ3n) is 2.28. The molecule has 122 valence electrons. The molecule has 0 aliphatic heterocycles. The van der Waals surface area contributed by atoms with Crippen LogP contribution >= 0.6 is 7.60 Å². The Bertz CT molecular complexity index is 540. The van der Waals surface area contributed by atoms with Crippen LogP contribution in [0.15, 0.2) is 30.0 Å². The summed E-state index contributed by atoms with van der Waals surface area (Å²) in [6, 6.07) is 1.65. The molecule has 0 aromatic carbocycles. The first-order chi connectivity index (χ1) is 10.6. The summed E-state index contributed by atoms with van der Waals surface area (Å²) in [5.41, 5.74) is 0. The summed E-state index contributed by atoms with van der Waals surface area (Å²) in [5.74, 6) is -0.542. The van der Waals surface area contributed by atoms with E-state index in [1.54, 1.807) is 26.8 Å². The zero-order chi connectivity index (χ0) is 16.4. The summed E-state index contributed by atoms with van der Waals surface area (Å²) in [4.78, 5) is 19.9. The molecule has 0 amide bonds. The standard InChI is InChI=1S/C13H20N3O5P/c1-4-19-12(17)11(22(18,20-5-2)21-6-3)10-16-13-14-8-7-9-15-13/h7-10H,4-6H2,1-3H3,(H,14,15,16)/b11-10-. The normalized spacial score (nSPS) is 12.0. The molecular weight excluding hydrogens is 309 g/mol. The van der Waals surface area contributed by atoms with Gasteiger partial charge >= 0.3 is 13.6 Å². The molecule has 1 rings (SSSR count). The average Bonchev–Trinajstić information content (AvgIpc) is 2.49. The van der Waals surface area contributed by atoms with Crippen LogP contribution in [-0.2, 0) is 23.1 Å². The number of anilines is 1. The highest BCUT2D eigenvalue weighted by molar-refractivity contribution is 7.59.